The van der Waals surface area contributed by atoms with Gasteiger partial charge in [-0.15, -0.1) is 0 Å². The monoisotopic (exact) mass is 282 g/mol. The molecule has 84 valence electrons. The minimum absolute atomic E-state index is 0.110. The normalized spacial score (nSPS) is 19.1. The Morgan fingerprint density at radius 1 is 1.62 bits per heavy atom. The van der Waals surface area contributed by atoms with Crippen molar-refractivity contribution < 1.29 is 4.92 Å². The van der Waals surface area contributed by atoms with Gasteiger partial charge in [0.1, 0.15) is 0 Å². The summed E-state index contributed by atoms with van der Waals surface area (Å²) >= 11 is 3.42. The Morgan fingerprint density at radius 3 is 3.06 bits per heavy atom. The molecule has 0 N–H and O–H groups in total. The highest BCUT2D eigenvalue weighted by Gasteiger charge is 2.25. The molecule has 0 fully saturated rings. The summed E-state index contributed by atoms with van der Waals surface area (Å²) in [5.41, 5.74) is 2.27. The number of nitrogens with zero attached hydrogens (tertiary/aromatic N) is 2. The van der Waals surface area contributed by atoms with Crippen LogP contribution in [0.5, 0.6) is 0 Å². The first kappa shape index (κ1) is 11.1. The average Bonchev–Trinajstić information content (AvgIpc) is 2.53. The van der Waals surface area contributed by atoms with Gasteiger partial charge in [0.15, 0.2) is 0 Å². The molecule has 1 aliphatic rings. The largest absolute Gasteiger partial charge is 0.373 e. The van der Waals surface area contributed by atoms with E-state index in [2.05, 4.69) is 20.8 Å². The molecule has 1 heterocycles. The van der Waals surface area contributed by atoms with Gasteiger partial charge in [-0.1, -0.05) is 22.0 Å². The lowest BCUT2D eigenvalue weighted by Crippen LogP contribution is -2.14. The maximum atomic E-state index is 10.3. The number of halogens is 1. The number of nitro groups is 1. The summed E-state index contributed by atoms with van der Waals surface area (Å²) in [6.07, 6.45) is 2.67. The van der Waals surface area contributed by atoms with E-state index in [1.165, 1.54) is 0 Å². The summed E-state index contributed by atoms with van der Waals surface area (Å²) in [4.78, 5) is 12.0. The molecule has 5 heteroatoms. The zero-order valence-electron chi connectivity index (χ0n) is 8.76. The van der Waals surface area contributed by atoms with E-state index in [4.69, 9.17) is 0 Å². The molecule has 0 aliphatic carbocycles. The Balaban J connectivity index is 2.32. The predicted molar refractivity (Wildman–Crippen MR) is 66.3 cm³/mol. The van der Waals surface area contributed by atoms with Crippen LogP contribution >= 0.6 is 15.9 Å². The van der Waals surface area contributed by atoms with Crippen LogP contribution in [0.1, 0.15) is 11.5 Å². The lowest BCUT2D eigenvalue weighted by atomic mass is 10.0. The molecule has 0 aromatic heterocycles. The van der Waals surface area contributed by atoms with Crippen molar-refractivity contribution >= 4 is 21.6 Å². The van der Waals surface area contributed by atoms with Gasteiger partial charge in [0.05, 0.1) is 4.92 Å². The van der Waals surface area contributed by atoms with Crippen LogP contribution in [-0.2, 0) is 0 Å². The molecule has 1 aromatic carbocycles. The summed E-state index contributed by atoms with van der Waals surface area (Å²) < 4.78 is 1.03. The van der Waals surface area contributed by atoms with Gasteiger partial charge >= 0.3 is 0 Å². The van der Waals surface area contributed by atoms with Crippen molar-refractivity contribution in [2.24, 2.45) is 0 Å². The fraction of sp³-hybridized carbons (Fsp3) is 0.273. The molecule has 16 heavy (non-hydrogen) atoms. The highest BCUT2D eigenvalue weighted by Crippen LogP contribution is 2.37. The smallest absolute Gasteiger partial charge is 0.231 e. The quantitative estimate of drug-likeness (QED) is 0.619. The number of benzene rings is 1. The molecule has 2 rings (SSSR count). The van der Waals surface area contributed by atoms with Gasteiger partial charge < -0.3 is 4.90 Å². The third kappa shape index (κ3) is 2.09. The Kier molecular flexibility index (Phi) is 2.96. The van der Waals surface area contributed by atoms with Gasteiger partial charge in [0, 0.05) is 29.7 Å². The van der Waals surface area contributed by atoms with Crippen LogP contribution in [0.2, 0.25) is 0 Å². The second-order valence-electron chi connectivity index (χ2n) is 3.82. The van der Waals surface area contributed by atoms with E-state index >= 15 is 0 Å². The van der Waals surface area contributed by atoms with Crippen molar-refractivity contribution in [2.75, 3.05) is 18.5 Å². The number of rotatable bonds is 2. The van der Waals surface area contributed by atoms with Crippen molar-refractivity contribution in [2.45, 2.75) is 5.92 Å². The van der Waals surface area contributed by atoms with Crippen molar-refractivity contribution in [1.82, 2.24) is 0 Å². The number of hydrogen-bond donors (Lipinski definition) is 0. The van der Waals surface area contributed by atoms with E-state index in [0.717, 1.165) is 28.5 Å². The average molecular weight is 283 g/mol. The second-order valence-corrected chi connectivity index (χ2v) is 4.73. The first-order valence-electron chi connectivity index (χ1n) is 4.90. The first-order valence-corrected chi connectivity index (χ1v) is 5.69. The predicted octanol–water partition coefficient (Wildman–Crippen LogP) is 2.77. The molecule has 0 saturated heterocycles. The molecule has 0 radical (unpaired) electrons. The third-order valence-corrected chi connectivity index (χ3v) is 3.21. The van der Waals surface area contributed by atoms with Gasteiger partial charge in [0.2, 0.25) is 6.20 Å². The molecule has 1 aromatic rings. The second kappa shape index (κ2) is 4.25. The standard InChI is InChI=1S/C11H11BrN2O2/c1-13-7-8(4-5-14(15)16)10-3-2-9(12)6-11(10)13/h2-6,8H,7H2,1H3. The van der Waals surface area contributed by atoms with Crippen molar-refractivity contribution in [3.63, 3.8) is 0 Å². The van der Waals surface area contributed by atoms with Crippen molar-refractivity contribution in [3.05, 3.63) is 50.6 Å². The minimum atomic E-state index is -0.420. The lowest BCUT2D eigenvalue weighted by molar-refractivity contribution is -0.402. The Labute approximate surface area is 102 Å². The van der Waals surface area contributed by atoms with Crippen molar-refractivity contribution in [1.29, 1.82) is 0 Å². The van der Waals surface area contributed by atoms with E-state index in [9.17, 15) is 10.1 Å². The summed E-state index contributed by atoms with van der Waals surface area (Å²) in [5.74, 6) is 0.110. The van der Waals surface area contributed by atoms with E-state index in [1.807, 2.05) is 25.2 Å². The number of anilines is 1. The van der Waals surface area contributed by atoms with Gasteiger partial charge in [-0.2, -0.15) is 0 Å². The Bertz CT molecular complexity index is 459. The fourth-order valence-electron chi connectivity index (χ4n) is 1.99. The lowest BCUT2D eigenvalue weighted by Gasteiger charge is -2.11. The van der Waals surface area contributed by atoms with Gasteiger partial charge in [-0.05, 0) is 23.8 Å². The van der Waals surface area contributed by atoms with Crippen LogP contribution in [0.4, 0.5) is 5.69 Å². The molecule has 4 nitrogen and oxygen atoms in total. The van der Waals surface area contributed by atoms with E-state index in [1.54, 1.807) is 6.08 Å². The van der Waals surface area contributed by atoms with Gasteiger partial charge in [0.25, 0.3) is 0 Å². The Morgan fingerprint density at radius 2 is 2.38 bits per heavy atom. The zero-order valence-corrected chi connectivity index (χ0v) is 10.3. The van der Waals surface area contributed by atoms with Crippen LogP contribution in [0, 0.1) is 10.1 Å². The van der Waals surface area contributed by atoms with Gasteiger partial charge in [-0.3, -0.25) is 10.1 Å². The molecule has 1 atom stereocenters. The molecule has 1 unspecified atom stereocenters. The van der Waals surface area contributed by atoms with Crippen molar-refractivity contribution in [3.8, 4) is 0 Å². The summed E-state index contributed by atoms with van der Waals surface area (Å²) in [6.45, 7) is 0.788. The molecular formula is C11H11BrN2O2. The number of fused-ring (bicyclic) bond motifs is 1. The molecule has 1 aliphatic heterocycles. The first-order chi connectivity index (χ1) is 7.58. The van der Waals surface area contributed by atoms with E-state index in [0.29, 0.717) is 0 Å². The minimum Gasteiger partial charge on any atom is -0.373 e. The summed E-state index contributed by atoms with van der Waals surface area (Å²) in [7, 11) is 1.99. The van der Waals surface area contributed by atoms with Crippen LogP contribution < -0.4 is 4.90 Å². The van der Waals surface area contributed by atoms with Crippen LogP contribution in [0.3, 0.4) is 0 Å². The highest BCUT2D eigenvalue weighted by atomic mass is 79.9. The SMILES string of the molecule is CN1CC(C=C[N+](=O)[O-])c2ccc(Br)cc21. The maximum absolute atomic E-state index is 10.3. The van der Waals surface area contributed by atoms with E-state index < -0.39 is 4.92 Å². The number of hydrogen-bond acceptors (Lipinski definition) is 3. The van der Waals surface area contributed by atoms with Crippen LogP contribution in [0.25, 0.3) is 0 Å². The topological polar surface area (TPSA) is 46.4 Å². The summed E-state index contributed by atoms with van der Waals surface area (Å²) in [5, 5.41) is 10.3. The Hall–Kier alpha value is -1.36. The van der Waals surface area contributed by atoms with Crippen LogP contribution in [0.15, 0.2) is 34.9 Å². The fourth-order valence-corrected chi connectivity index (χ4v) is 2.34. The zero-order chi connectivity index (χ0) is 11.7. The van der Waals surface area contributed by atoms with Gasteiger partial charge in [-0.25, -0.2) is 0 Å². The molecular weight excluding hydrogens is 272 g/mol. The third-order valence-electron chi connectivity index (χ3n) is 2.71. The number of likely N-dealkylation sites (N-methyl/N-ethyl adjacent to an activating group) is 1. The molecule has 0 saturated carbocycles. The van der Waals surface area contributed by atoms with Crippen LogP contribution in [-0.4, -0.2) is 18.5 Å². The maximum Gasteiger partial charge on any atom is 0.231 e. The molecule has 0 amide bonds. The van der Waals surface area contributed by atoms with E-state index in [-0.39, 0.29) is 5.92 Å². The molecule has 0 spiro atoms. The summed E-state index contributed by atoms with van der Waals surface area (Å²) in [6, 6.07) is 6.01. The highest BCUT2D eigenvalue weighted by molar-refractivity contribution is 9.10. The molecule has 0 bridgehead atoms.